The number of nitrogens with one attached hydrogen (secondary N) is 1. The molecule has 1 N–H and O–H groups in total. The number of methoxy groups -OCH3 is 1. The summed E-state index contributed by atoms with van der Waals surface area (Å²) in [6.45, 7) is 6.75. The van der Waals surface area contributed by atoms with Gasteiger partial charge in [-0.3, -0.25) is 24.0 Å². The summed E-state index contributed by atoms with van der Waals surface area (Å²) in [7, 11) is 1.44. The molecule has 0 saturated carbocycles. The predicted octanol–water partition coefficient (Wildman–Crippen LogP) is 6.81. The second-order valence-corrected chi connectivity index (χ2v) is 13.3. The van der Waals surface area contributed by atoms with Gasteiger partial charge in [-0.1, -0.05) is 76.5 Å². The third-order valence-electron chi connectivity index (χ3n) is 8.57. The van der Waals surface area contributed by atoms with Crippen LogP contribution in [0.5, 0.6) is 11.5 Å². The summed E-state index contributed by atoms with van der Waals surface area (Å²) in [5, 5.41) is 2.94. The van der Waals surface area contributed by atoms with Gasteiger partial charge in [0.25, 0.3) is 0 Å². The highest BCUT2D eigenvalue weighted by Crippen LogP contribution is 2.35. The van der Waals surface area contributed by atoms with Crippen molar-refractivity contribution in [1.82, 2.24) is 5.32 Å². The Morgan fingerprint density at radius 1 is 0.698 bits per heavy atom. The van der Waals surface area contributed by atoms with Crippen molar-refractivity contribution in [1.29, 1.82) is 0 Å². The van der Waals surface area contributed by atoms with E-state index < -0.39 is 54.6 Å². The molecular weight excluding hydrogens is 686 g/mol. The molecule has 53 heavy (non-hydrogen) atoms. The van der Waals surface area contributed by atoms with Crippen molar-refractivity contribution >= 4 is 29.8 Å². The number of carbonyl (C=O) groups excluding carboxylic acids is 5. The number of allylic oxidation sites excluding steroid dienone is 2. The van der Waals surface area contributed by atoms with Crippen LogP contribution in [0.2, 0.25) is 0 Å². The van der Waals surface area contributed by atoms with Crippen LogP contribution in [0.3, 0.4) is 0 Å². The van der Waals surface area contributed by atoms with Crippen LogP contribution in [-0.2, 0) is 54.2 Å². The summed E-state index contributed by atoms with van der Waals surface area (Å²) in [6.07, 6.45) is 14.0. The molecule has 1 aliphatic rings. The normalized spacial score (nSPS) is 19.6. The standard InChI is InChI=1S/C40H61NO12/c1-7-8-9-10-11-12-13-14-15-16-17-18-19-20-21-22-36(46)41-26-32-23-24-33(34(25-32)47-6)52-40-39(51-31(5)45)38(50-30(4)44)37(49-29(3)43)35(53-40)27-48-28(2)42/h14-15,23-25,35,37-40H,7-13,16-22,26-27H2,1-6H3,(H,41,46)/b15-14-/t35-,37-,38+,39-,40-/m1/s1. The van der Waals surface area contributed by atoms with Crippen LogP contribution >= 0.6 is 0 Å². The Balaban J connectivity index is 1.92. The molecule has 5 atom stereocenters. The van der Waals surface area contributed by atoms with E-state index in [0.29, 0.717) is 6.42 Å². The Morgan fingerprint density at radius 2 is 1.26 bits per heavy atom. The van der Waals surface area contributed by atoms with Gasteiger partial charge in [0.2, 0.25) is 18.3 Å². The number of ether oxygens (including phenoxy) is 7. The van der Waals surface area contributed by atoms with Crippen LogP contribution in [0, 0.1) is 0 Å². The number of hydrogen-bond acceptors (Lipinski definition) is 12. The average molecular weight is 748 g/mol. The summed E-state index contributed by atoms with van der Waals surface area (Å²) in [6, 6.07) is 5.01. The largest absolute Gasteiger partial charge is 0.493 e. The molecule has 1 heterocycles. The zero-order valence-corrected chi connectivity index (χ0v) is 32.5. The predicted molar refractivity (Wildman–Crippen MR) is 197 cm³/mol. The number of hydrogen-bond donors (Lipinski definition) is 1. The Bertz CT molecular complexity index is 1310. The minimum atomic E-state index is -1.42. The lowest BCUT2D eigenvalue weighted by Gasteiger charge is -2.44. The van der Waals surface area contributed by atoms with Gasteiger partial charge in [0.1, 0.15) is 12.7 Å². The molecule has 1 aromatic carbocycles. The number of esters is 4. The van der Waals surface area contributed by atoms with Gasteiger partial charge in [-0.15, -0.1) is 0 Å². The smallest absolute Gasteiger partial charge is 0.303 e. The Labute approximate surface area is 314 Å². The maximum atomic E-state index is 12.6. The fourth-order valence-electron chi connectivity index (χ4n) is 5.97. The summed E-state index contributed by atoms with van der Waals surface area (Å²) in [5.41, 5.74) is 0.744. The van der Waals surface area contributed by atoms with E-state index in [1.165, 1.54) is 65.4 Å². The first-order valence-electron chi connectivity index (χ1n) is 19.0. The van der Waals surface area contributed by atoms with Gasteiger partial charge in [0, 0.05) is 40.7 Å². The molecule has 1 amide bonds. The molecule has 0 aromatic heterocycles. The second kappa shape index (κ2) is 25.8. The number of carbonyl (C=O) groups is 5. The van der Waals surface area contributed by atoms with E-state index in [-0.39, 0.29) is 30.6 Å². The Morgan fingerprint density at radius 3 is 1.85 bits per heavy atom. The highest BCUT2D eigenvalue weighted by molar-refractivity contribution is 5.75. The third kappa shape index (κ3) is 18.5. The molecule has 2 rings (SSSR count). The minimum absolute atomic E-state index is 0.0422. The molecule has 13 nitrogen and oxygen atoms in total. The zero-order chi connectivity index (χ0) is 39.0. The third-order valence-corrected chi connectivity index (χ3v) is 8.57. The van der Waals surface area contributed by atoms with Gasteiger partial charge in [-0.25, -0.2) is 0 Å². The van der Waals surface area contributed by atoms with Crippen molar-refractivity contribution in [2.24, 2.45) is 0 Å². The van der Waals surface area contributed by atoms with Crippen molar-refractivity contribution in [2.45, 2.75) is 162 Å². The van der Waals surface area contributed by atoms with E-state index in [1.807, 2.05) is 0 Å². The highest BCUT2D eigenvalue weighted by atomic mass is 16.7. The van der Waals surface area contributed by atoms with Crippen LogP contribution in [0.15, 0.2) is 30.4 Å². The molecule has 13 heteroatoms. The zero-order valence-electron chi connectivity index (χ0n) is 32.5. The monoisotopic (exact) mass is 747 g/mol. The lowest BCUT2D eigenvalue weighted by molar-refractivity contribution is -0.288. The molecule has 0 radical (unpaired) electrons. The molecule has 298 valence electrons. The molecule has 1 fully saturated rings. The van der Waals surface area contributed by atoms with Crippen molar-refractivity contribution in [3.8, 4) is 11.5 Å². The molecule has 1 aromatic rings. The van der Waals surface area contributed by atoms with Crippen molar-refractivity contribution in [2.75, 3.05) is 13.7 Å². The number of rotatable bonds is 25. The van der Waals surface area contributed by atoms with Crippen molar-refractivity contribution in [3.63, 3.8) is 0 Å². The first-order chi connectivity index (χ1) is 25.4. The molecule has 1 saturated heterocycles. The Hall–Kier alpha value is -4.13. The first-order valence-corrected chi connectivity index (χ1v) is 19.0. The van der Waals surface area contributed by atoms with E-state index in [2.05, 4.69) is 24.4 Å². The van der Waals surface area contributed by atoms with Crippen molar-refractivity contribution in [3.05, 3.63) is 35.9 Å². The minimum Gasteiger partial charge on any atom is -0.493 e. The summed E-state index contributed by atoms with van der Waals surface area (Å²) >= 11 is 0. The second-order valence-electron chi connectivity index (χ2n) is 13.3. The Kier molecular flexibility index (Phi) is 21.9. The molecule has 0 aliphatic carbocycles. The molecule has 0 bridgehead atoms. The highest BCUT2D eigenvalue weighted by Gasteiger charge is 2.53. The molecule has 1 aliphatic heterocycles. The quantitative estimate of drug-likeness (QED) is 0.0482. The molecule has 0 spiro atoms. The summed E-state index contributed by atoms with van der Waals surface area (Å²) in [4.78, 5) is 60.4. The lowest BCUT2D eigenvalue weighted by atomic mass is 9.98. The van der Waals surface area contributed by atoms with Gasteiger partial charge >= 0.3 is 23.9 Å². The van der Waals surface area contributed by atoms with Crippen LogP contribution in [0.4, 0.5) is 0 Å². The van der Waals surface area contributed by atoms with Gasteiger partial charge in [0.15, 0.2) is 23.7 Å². The van der Waals surface area contributed by atoms with E-state index in [4.69, 9.17) is 33.2 Å². The van der Waals surface area contributed by atoms with E-state index in [9.17, 15) is 24.0 Å². The number of amides is 1. The SMILES string of the molecule is CCCCCCCC/C=C\CCCCCCCC(=O)NCc1ccc(O[C@@H]2O[C@H](COC(C)=O)[C@@H](OC(C)=O)[C@H](OC(C)=O)[C@H]2OC(C)=O)c(OC)c1. The average Bonchev–Trinajstić information content (AvgIpc) is 3.10. The van der Waals surface area contributed by atoms with Crippen LogP contribution in [-0.4, -0.2) is 74.2 Å². The maximum Gasteiger partial charge on any atom is 0.303 e. The topological polar surface area (TPSA) is 162 Å². The van der Waals surface area contributed by atoms with Gasteiger partial charge in [-0.05, 0) is 49.8 Å². The van der Waals surface area contributed by atoms with E-state index in [0.717, 1.165) is 58.4 Å². The van der Waals surface area contributed by atoms with E-state index in [1.54, 1.807) is 18.2 Å². The van der Waals surface area contributed by atoms with Crippen LogP contribution in [0.25, 0.3) is 0 Å². The summed E-state index contributed by atoms with van der Waals surface area (Å²) in [5.74, 6) is -2.45. The van der Waals surface area contributed by atoms with Gasteiger partial charge in [-0.2, -0.15) is 0 Å². The first kappa shape index (κ1) is 45.0. The van der Waals surface area contributed by atoms with E-state index >= 15 is 0 Å². The number of unbranched alkanes of at least 4 members (excludes halogenated alkanes) is 11. The molecule has 0 unspecified atom stereocenters. The molecular formula is C40H61NO12. The van der Waals surface area contributed by atoms with Crippen LogP contribution in [0.1, 0.15) is 130 Å². The summed E-state index contributed by atoms with van der Waals surface area (Å²) < 4.78 is 39.2. The fourth-order valence-corrected chi connectivity index (χ4v) is 5.97. The fraction of sp³-hybridized carbons (Fsp3) is 0.675. The lowest BCUT2D eigenvalue weighted by Crippen LogP contribution is -2.63. The number of benzene rings is 1. The van der Waals surface area contributed by atoms with Crippen molar-refractivity contribution < 1.29 is 57.1 Å². The maximum absolute atomic E-state index is 12.6. The van der Waals surface area contributed by atoms with Gasteiger partial charge in [0.05, 0.1) is 7.11 Å². The van der Waals surface area contributed by atoms with Gasteiger partial charge < -0.3 is 38.5 Å². The van der Waals surface area contributed by atoms with Crippen LogP contribution < -0.4 is 14.8 Å².